The number of ether oxygens (including phenoxy) is 1. The van der Waals surface area contributed by atoms with Crippen molar-refractivity contribution in [3.63, 3.8) is 0 Å². The molecule has 0 bridgehead atoms. The number of hydrogen-bond donors (Lipinski definition) is 3. The molecule has 0 saturated carbocycles. The summed E-state index contributed by atoms with van der Waals surface area (Å²) >= 11 is 0. The Bertz CT molecular complexity index is 1260. The van der Waals surface area contributed by atoms with Crippen molar-refractivity contribution in [2.45, 2.75) is 13.3 Å². The number of aromatic nitrogens is 2. The van der Waals surface area contributed by atoms with Crippen LogP contribution in [0.3, 0.4) is 0 Å². The van der Waals surface area contributed by atoms with Crippen LogP contribution in [0.4, 0.5) is 21.1 Å². The minimum atomic E-state index is -0.371. The van der Waals surface area contributed by atoms with Crippen molar-refractivity contribution in [1.82, 2.24) is 24.9 Å². The van der Waals surface area contributed by atoms with Crippen molar-refractivity contribution in [2.24, 2.45) is 0 Å². The second-order valence-corrected chi connectivity index (χ2v) is 8.05. The maximum atomic E-state index is 13.1. The fourth-order valence-corrected chi connectivity index (χ4v) is 3.98. The lowest BCUT2D eigenvalue weighted by atomic mass is 10.2. The molecular weight excluding hydrogens is 450 g/mol. The topological polar surface area (TPSA) is 120 Å². The van der Waals surface area contributed by atoms with Crippen LogP contribution in [0.2, 0.25) is 0 Å². The number of pyridine rings is 1. The highest BCUT2D eigenvalue weighted by Crippen LogP contribution is 2.26. The molecular formula is C24H29N7O4. The SMILES string of the molecule is CCc1nc2ccc(C(=O)NCCN3CCNC3=O)cn2c1N(C)C(=O)Nc1ccccc1OC. The Labute approximate surface area is 203 Å². The van der Waals surface area contributed by atoms with Gasteiger partial charge in [0.15, 0.2) is 0 Å². The van der Waals surface area contributed by atoms with Gasteiger partial charge in [-0.15, -0.1) is 0 Å². The highest BCUT2D eigenvalue weighted by Gasteiger charge is 2.22. The molecule has 2 aromatic heterocycles. The second kappa shape index (κ2) is 10.3. The number of hydrogen-bond acceptors (Lipinski definition) is 5. The largest absolute Gasteiger partial charge is 0.495 e. The van der Waals surface area contributed by atoms with Crippen molar-refractivity contribution in [3.8, 4) is 5.75 Å². The number of urea groups is 2. The lowest BCUT2D eigenvalue weighted by molar-refractivity contribution is 0.0950. The number of nitrogens with zero attached hydrogens (tertiary/aromatic N) is 4. The molecule has 35 heavy (non-hydrogen) atoms. The molecule has 0 spiro atoms. The molecule has 1 aliphatic rings. The number of carbonyl (C=O) groups is 3. The van der Waals surface area contributed by atoms with Crippen LogP contribution >= 0.6 is 0 Å². The van der Waals surface area contributed by atoms with Gasteiger partial charge in [0.05, 0.1) is 24.1 Å². The average Bonchev–Trinajstić information content (AvgIpc) is 3.45. The van der Waals surface area contributed by atoms with Gasteiger partial charge in [0.2, 0.25) is 0 Å². The lowest BCUT2D eigenvalue weighted by Gasteiger charge is -2.20. The molecule has 0 unspecified atom stereocenters. The molecule has 11 heteroatoms. The smallest absolute Gasteiger partial charge is 0.327 e. The van der Waals surface area contributed by atoms with E-state index in [2.05, 4.69) is 20.9 Å². The third kappa shape index (κ3) is 4.98. The summed E-state index contributed by atoms with van der Waals surface area (Å²) in [7, 11) is 3.20. The Morgan fingerprint density at radius 1 is 1.23 bits per heavy atom. The zero-order chi connectivity index (χ0) is 24.9. The first kappa shape index (κ1) is 23.9. The lowest BCUT2D eigenvalue weighted by Crippen LogP contribution is -2.36. The van der Waals surface area contributed by atoms with Crippen molar-refractivity contribution in [2.75, 3.05) is 50.6 Å². The number of methoxy groups -OCH3 is 1. The van der Waals surface area contributed by atoms with Gasteiger partial charge in [0.1, 0.15) is 17.2 Å². The summed E-state index contributed by atoms with van der Waals surface area (Å²) < 4.78 is 7.06. The van der Waals surface area contributed by atoms with Gasteiger partial charge < -0.3 is 25.6 Å². The summed E-state index contributed by atoms with van der Waals surface area (Å²) in [5, 5.41) is 8.45. The van der Waals surface area contributed by atoms with Gasteiger partial charge in [-0.1, -0.05) is 19.1 Å². The zero-order valence-electron chi connectivity index (χ0n) is 20.0. The number of aryl methyl sites for hydroxylation is 1. The van der Waals surface area contributed by atoms with E-state index in [1.54, 1.807) is 53.9 Å². The molecule has 1 aromatic carbocycles. The quantitative estimate of drug-likeness (QED) is 0.458. The molecule has 4 rings (SSSR count). The van der Waals surface area contributed by atoms with Crippen LogP contribution in [0.1, 0.15) is 23.0 Å². The molecule has 184 valence electrons. The summed E-state index contributed by atoms with van der Waals surface area (Å²) in [4.78, 5) is 45.3. The van der Waals surface area contributed by atoms with E-state index in [1.165, 1.54) is 4.90 Å². The first-order valence-electron chi connectivity index (χ1n) is 11.4. The number of carbonyl (C=O) groups excluding carboxylic acids is 3. The molecule has 1 saturated heterocycles. The summed E-state index contributed by atoms with van der Waals surface area (Å²) in [6.45, 7) is 3.97. The Balaban J connectivity index is 1.54. The number of amides is 5. The summed E-state index contributed by atoms with van der Waals surface area (Å²) in [5.74, 6) is 0.845. The highest BCUT2D eigenvalue weighted by molar-refractivity contribution is 6.02. The molecule has 3 N–H and O–H groups in total. The third-order valence-corrected chi connectivity index (χ3v) is 5.84. The maximum absolute atomic E-state index is 13.1. The van der Waals surface area contributed by atoms with Crippen LogP contribution in [0.15, 0.2) is 42.6 Å². The molecule has 0 atom stereocenters. The van der Waals surface area contributed by atoms with E-state index in [0.29, 0.717) is 61.1 Å². The monoisotopic (exact) mass is 479 g/mol. The van der Waals surface area contributed by atoms with Crippen molar-refractivity contribution < 1.29 is 19.1 Å². The predicted molar refractivity (Wildman–Crippen MR) is 132 cm³/mol. The van der Waals surface area contributed by atoms with E-state index < -0.39 is 0 Å². The predicted octanol–water partition coefficient (Wildman–Crippen LogP) is 2.33. The van der Waals surface area contributed by atoms with Gasteiger partial charge in [-0.05, 0) is 30.7 Å². The van der Waals surface area contributed by atoms with E-state index in [9.17, 15) is 14.4 Å². The van der Waals surface area contributed by atoms with E-state index in [4.69, 9.17) is 4.74 Å². The first-order valence-corrected chi connectivity index (χ1v) is 11.4. The van der Waals surface area contributed by atoms with E-state index in [0.717, 1.165) is 5.69 Å². The third-order valence-electron chi connectivity index (χ3n) is 5.84. The average molecular weight is 480 g/mol. The minimum Gasteiger partial charge on any atom is -0.495 e. The summed E-state index contributed by atoms with van der Waals surface area (Å²) in [5.41, 5.74) is 2.31. The Morgan fingerprint density at radius 2 is 2.03 bits per heavy atom. The van der Waals surface area contributed by atoms with E-state index in [-0.39, 0.29) is 18.0 Å². The number of anilines is 2. The number of imidazole rings is 1. The van der Waals surface area contributed by atoms with Gasteiger partial charge in [-0.3, -0.25) is 14.1 Å². The first-order chi connectivity index (χ1) is 16.9. The maximum Gasteiger partial charge on any atom is 0.327 e. The number of fused-ring (bicyclic) bond motifs is 1. The zero-order valence-corrected chi connectivity index (χ0v) is 20.0. The Kier molecular flexibility index (Phi) is 7.04. The summed E-state index contributed by atoms with van der Waals surface area (Å²) in [6.07, 6.45) is 2.27. The highest BCUT2D eigenvalue weighted by atomic mass is 16.5. The molecule has 1 aliphatic heterocycles. The molecule has 5 amide bonds. The molecule has 11 nitrogen and oxygen atoms in total. The molecule has 0 radical (unpaired) electrons. The second-order valence-electron chi connectivity index (χ2n) is 8.05. The fraction of sp³-hybridized carbons (Fsp3) is 0.333. The van der Waals surface area contributed by atoms with Crippen LogP contribution in [-0.4, -0.2) is 72.6 Å². The van der Waals surface area contributed by atoms with Gasteiger partial charge in [0.25, 0.3) is 5.91 Å². The normalized spacial score (nSPS) is 13.0. The van der Waals surface area contributed by atoms with Crippen LogP contribution in [-0.2, 0) is 6.42 Å². The molecule has 3 aromatic rings. The van der Waals surface area contributed by atoms with Crippen LogP contribution < -0.4 is 25.6 Å². The standard InChI is InChI=1S/C24H29N7O4/c1-4-17-22(29(2)24(34)28-18-7-5-6-8-19(18)35-3)31-15-16(9-10-20(31)27-17)21(32)25-11-13-30-14-12-26-23(30)33/h5-10,15H,4,11-14H2,1-3H3,(H,25,32)(H,26,33)(H,28,34). The van der Waals surface area contributed by atoms with E-state index in [1.807, 2.05) is 19.1 Å². The number of rotatable bonds is 8. The number of para-hydroxylation sites is 2. The van der Waals surface area contributed by atoms with Crippen molar-refractivity contribution >= 4 is 35.1 Å². The van der Waals surface area contributed by atoms with Crippen LogP contribution in [0.25, 0.3) is 5.65 Å². The number of nitrogens with one attached hydrogen (secondary N) is 3. The van der Waals surface area contributed by atoms with Gasteiger partial charge in [-0.25, -0.2) is 14.6 Å². The van der Waals surface area contributed by atoms with Gasteiger partial charge in [0, 0.05) is 39.4 Å². The minimum absolute atomic E-state index is 0.120. The fourth-order valence-electron chi connectivity index (χ4n) is 3.98. The van der Waals surface area contributed by atoms with Gasteiger partial charge >= 0.3 is 12.1 Å². The Hall–Kier alpha value is -4.28. The molecule has 1 fully saturated rings. The van der Waals surface area contributed by atoms with Crippen LogP contribution in [0, 0.1) is 0 Å². The van der Waals surface area contributed by atoms with Crippen molar-refractivity contribution in [1.29, 1.82) is 0 Å². The summed E-state index contributed by atoms with van der Waals surface area (Å²) in [6, 6.07) is 10.1. The van der Waals surface area contributed by atoms with Gasteiger partial charge in [-0.2, -0.15) is 0 Å². The van der Waals surface area contributed by atoms with Crippen LogP contribution in [0.5, 0.6) is 5.75 Å². The van der Waals surface area contributed by atoms with Crippen molar-refractivity contribution in [3.05, 3.63) is 53.9 Å². The number of benzene rings is 1. The molecule has 0 aliphatic carbocycles. The molecule has 3 heterocycles. The van der Waals surface area contributed by atoms with E-state index >= 15 is 0 Å². The Morgan fingerprint density at radius 3 is 2.74 bits per heavy atom.